The van der Waals surface area contributed by atoms with E-state index in [1.165, 1.54) is 327 Å². The van der Waals surface area contributed by atoms with Crippen molar-refractivity contribution in [2.75, 3.05) is 19.8 Å². The summed E-state index contributed by atoms with van der Waals surface area (Å²) in [6.07, 6.45) is 68.5. The third-order valence-corrected chi connectivity index (χ3v) is 20.4. The van der Waals surface area contributed by atoms with E-state index >= 15 is 0 Å². The zero-order valence-electron chi connectivity index (χ0n) is 61.7. The van der Waals surface area contributed by atoms with Gasteiger partial charge in [-0.25, -0.2) is 0 Å². The van der Waals surface area contributed by atoms with Gasteiger partial charge in [0.2, 0.25) is 5.91 Å². The van der Waals surface area contributed by atoms with Gasteiger partial charge in [0.1, 0.15) is 48.8 Å². The van der Waals surface area contributed by atoms with Crippen LogP contribution < -0.4 is 5.32 Å². The number of allylic oxidation sites excluding steroid dienone is 3. The highest BCUT2D eigenvalue weighted by Crippen LogP contribution is 2.30. The summed E-state index contributed by atoms with van der Waals surface area (Å²) in [6.45, 7) is 2.86. The van der Waals surface area contributed by atoms with Crippen molar-refractivity contribution in [2.24, 2.45) is 0 Å². The molecule has 2 saturated heterocycles. The van der Waals surface area contributed by atoms with Crippen molar-refractivity contribution >= 4 is 5.91 Å². The van der Waals surface area contributed by atoms with Gasteiger partial charge in [0.05, 0.1) is 32.0 Å². The minimum atomic E-state index is -1.79. The Hall–Kier alpha value is -1.53. The molecule has 0 saturated carbocycles. The Kier molecular flexibility index (Phi) is 62.0. The van der Waals surface area contributed by atoms with Crippen LogP contribution >= 0.6 is 0 Å². The van der Waals surface area contributed by atoms with Gasteiger partial charge in [0.25, 0.3) is 0 Å². The fourth-order valence-corrected chi connectivity index (χ4v) is 13.9. The maximum atomic E-state index is 13.4. The van der Waals surface area contributed by atoms with Crippen molar-refractivity contribution in [3.05, 3.63) is 24.3 Å². The van der Waals surface area contributed by atoms with Crippen LogP contribution in [0.5, 0.6) is 0 Å². The molecule has 2 aliphatic rings. The standard InChI is InChI=1S/C81H155NO13/c1-3-5-7-9-11-13-15-17-19-21-23-25-27-29-31-32-33-34-35-36-37-38-39-41-43-45-47-49-51-53-55-57-59-61-63-65-73(86)82-69(68-92-80-78(91)76(89)79(72(67-84)94-80)95-81-77(90)75(88)74(87)71(66-83)93-81)70(85)64-62-60-58-56-54-52-50-48-46-44-42-40-30-28-26-24-22-20-18-16-14-12-10-8-6-4-2/h54,56,62,64,69-72,74-81,83-85,87-91H,3-53,55,57-61,63,65-68H2,1-2H3,(H,82,86)/b56-54+,64-62+. The Morgan fingerprint density at radius 1 is 0.368 bits per heavy atom. The van der Waals surface area contributed by atoms with Gasteiger partial charge in [0, 0.05) is 6.42 Å². The Morgan fingerprint density at radius 3 is 1.03 bits per heavy atom. The summed E-state index contributed by atoms with van der Waals surface area (Å²) in [5, 5.41) is 87.7. The zero-order valence-corrected chi connectivity index (χ0v) is 61.7. The summed E-state index contributed by atoms with van der Waals surface area (Å²) < 4.78 is 22.9. The van der Waals surface area contributed by atoms with Crippen LogP contribution in [0.4, 0.5) is 0 Å². The molecule has 0 bridgehead atoms. The van der Waals surface area contributed by atoms with Crippen LogP contribution in [-0.2, 0) is 23.7 Å². The van der Waals surface area contributed by atoms with Gasteiger partial charge in [-0.05, 0) is 32.1 Å². The van der Waals surface area contributed by atoms with Gasteiger partial charge in [-0.3, -0.25) is 4.79 Å². The zero-order chi connectivity index (χ0) is 68.7. The van der Waals surface area contributed by atoms with Gasteiger partial charge in [-0.15, -0.1) is 0 Å². The third-order valence-electron chi connectivity index (χ3n) is 20.4. The molecule has 12 atom stereocenters. The van der Waals surface area contributed by atoms with E-state index in [1.807, 2.05) is 6.08 Å². The summed E-state index contributed by atoms with van der Waals surface area (Å²) in [4.78, 5) is 13.4. The Morgan fingerprint density at radius 2 is 0.674 bits per heavy atom. The minimum absolute atomic E-state index is 0.239. The Balaban J connectivity index is 1.60. The summed E-state index contributed by atoms with van der Waals surface area (Å²) in [5.74, 6) is -0.239. The molecule has 2 heterocycles. The number of aliphatic hydroxyl groups excluding tert-OH is 8. The SMILES string of the molecule is CCCCCCCCCCCCCCCCCCCCCC/C=C/CC/C=C/C(O)C(COC1OC(CO)C(OC2OC(CO)C(O)C(O)C2O)C(O)C1O)NC(=O)CCCCCCCCCCCCCCCCCCCCCCCCCCCCCCCCCCCCC. The largest absolute Gasteiger partial charge is 0.394 e. The fraction of sp³-hybridized carbons (Fsp3) is 0.938. The summed E-state index contributed by atoms with van der Waals surface area (Å²) in [7, 11) is 0. The molecule has 0 aromatic heterocycles. The molecular formula is C81H155NO13. The van der Waals surface area contributed by atoms with Gasteiger partial charge in [-0.1, -0.05) is 378 Å². The molecule has 14 nitrogen and oxygen atoms in total. The molecule has 0 aromatic carbocycles. The van der Waals surface area contributed by atoms with E-state index in [2.05, 4.69) is 31.3 Å². The maximum Gasteiger partial charge on any atom is 0.220 e. The molecule has 0 aromatic rings. The van der Waals surface area contributed by atoms with Gasteiger partial charge >= 0.3 is 0 Å². The molecule has 0 aliphatic carbocycles. The molecule has 0 radical (unpaired) electrons. The van der Waals surface area contributed by atoms with E-state index in [4.69, 9.17) is 18.9 Å². The van der Waals surface area contributed by atoms with Gasteiger partial charge in [-0.2, -0.15) is 0 Å². The number of amides is 1. The van der Waals surface area contributed by atoms with Gasteiger partial charge in [0.15, 0.2) is 12.6 Å². The summed E-state index contributed by atoms with van der Waals surface area (Å²) in [5.41, 5.74) is 0. The van der Waals surface area contributed by atoms with E-state index in [0.29, 0.717) is 12.8 Å². The average Bonchev–Trinajstić information content (AvgIpc) is 0.801. The first-order valence-electron chi connectivity index (χ1n) is 41.1. The highest BCUT2D eigenvalue weighted by atomic mass is 16.7. The smallest absolute Gasteiger partial charge is 0.220 e. The van der Waals surface area contributed by atoms with Crippen molar-refractivity contribution in [2.45, 2.75) is 466 Å². The molecule has 95 heavy (non-hydrogen) atoms. The second-order valence-corrected chi connectivity index (χ2v) is 29.3. The van der Waals surface area contributed by atoms with Crippen LogP contribution in [0.1, 0.15) is 393 Å². The van der Waals surface area contributed by atoms with E-state index in [-0.39, 0.29) is 18.9 Å². The lowest BCUT2D eigenvalue weighted by Gasteiger charge is -2.46. The molecule has 562 valence electrons. The number of carbonyl (C=O) groups excluding carboxylic acids is 1. The number of hydrogen-bond donors (Lipinski definition) is 9. The number of ether oxygens (including phenoxy) is 4. The predicted molar refractivity (Wildman–Crippen MR) is 392 cm³/mol. The number of unbranched alkanes of at least 4 members (excludes halogenated alkanes) is 55. The minimum Gasteiger partial charge on any atom is -0.394 e. The third kappa shape index (κ3) is 48.9. The molecular weight excluding hydrogens is 1190 g/mol. The molecule has 2 fully saturated rings. The highest BCUT2D eigenvalue weighted by molar-refractivity contribution is 5.76. The van der Waals surface area contributed by atoms with Crippen molar-refractivity contribution in [3.8, 4) is 0 Å². The molecule has 1 amide bonds. The van der Waals surface area contributed by atoms with Crippen molar-refractivity contribution < 1.29 is 64.6 Å². The van der Waals surface area contributed by atoms with Crippen LogP contribution in [-0.4, -0.2) is 140 Å². The van der Waals surface area contributed by atoms with E-state index in [9.17, 15) is 45.6 Å². The fourth-order valence-electron chi connectivity index (χ4n) is 13.9. The molecule has 9 N–H and O–H groups in total. The Bertz CT molecular complexity index is 1690. The quantitative estimate of drug-likeness (QED) is 0.0204. The van der Waals surface area contributed by atoms with Crippen molar-refractivity contribution in [3.63, 3.8) is 0 Å². The first-order valence-corrected chi connectivity index (χ1v) is 41.1. The van der Waals surface area contributed by atoms with Crippen LogP contribution in [0.3, 0.4) is 0 Å². The molecule has 12 unspecified atom stereocenters. The van der Waals surface area contributed by atoms with E-state index < -0.39 is 86.8 Å². The topological polar surface area (TPSA) is 228 Å². The molecule has 2 aliphatic heterocycles. The highest BCUT2D eigenvalue weighted by Gasteiger charge is 2.51. The number of rotatable bonds is 70. The first-order chi connectivity index (χ1) is 46.6. The van der Waals surface area contributed by atoms with Crippen molar-refractivity contribution in [1.82, 2.24) is 5.32 Å². The number of aliphatic hydroxyl groups is 8. The number of hydrogen-bond acceptors (Lipinski definition) is 13. The summed E-state index contributed by atoms with van der Waals surface area (Å²) >= 11 is 0. The van der Waals surface area contributed by atoms with E-state index in [1.54, 1.807) is 6.08 Å². The number of carbonyl (C=O) groups is 1. The summed E-state index contributed by atoms with van der Waals surface area (Å²) in [6, 6.07) is -0.930. The molecule has 2 rings (SSSR count). The maximum absolute atomic E-state index is 13.4. The van der Waals surface area contributed by atoms with Crippen molar-refractivity contribution in [1.29, 1.82) is 0 Å². The first kappa shape index (κ1) is 89.6. The second kappa shape index (κ2) is 65.8. The van der Waals surface area contributed by atoms with Crippen LogP contribution in [0, 0.1) is 0 Å². The van der Waals surface area contributed by atoms with Crippen LogP contribution in [0.2, 0.25) is 0 Å². The normalized spacial score (nSPS) is 22.4. The predicted octanol–water partition coefficient (Wildman–Crippen LogP) is 18.6. The van der Waals surface area contributed by atoms with Crippen LogP contribution in [0.25, 0.3) is 0 Å². The lowest BCUT2D eigenvalue weighted by molar-refractivity contribution is -0.359. The van der Waals surface area contributed by atoms with Gasteiger partial charge < -0.3 is 65.1 Å². The average molecular weight is 1350 g/mol. The van der Waals surface area contributed by atoms with Crippen LogP contribution in [0.15, 0.2) is 24.3 Å². The molecule has 0 spiro atoms. The lowest BCUT2D eigenvalue weighted by Crippen LogP contribution is -2.65. The number of nitrogens with one attached hydrogen (secondary N) is 1. The Labute approximate surface area is 583 Å². The second-order valence-electron chi connectivity index (χ2n) is 29.3. The van der Waals surface area contributed by atoms with E-state index in [0.717, 1.165) is 32.1 Å². The molecule has 14 heteroatoms. The monoisotopic (exact) mass is 1350 g/mol. The lowest BCUT2D eigenvalue weighted by atomic mass is 9.97.